The van der Waals surface area contributed by atoms with Crippen LogP contribution in [0.25, 0.3) is 0 Å². The summed E-state index contributed by atoms with van der Waals surface area (Å²) >= 11 is 0. The van der Waals surface area contributed by atoms with E-state index in [0.717, 1.165) is 30.3 Å². The van der Waals surface area contributed by atoms with E-state index in [1.807, 2.05) is 31.7 Å². The zero-order chi connectivity index (χ0) is 14.2. The smallest absolute Gasteiger partial charge is 0.329 e. The van der Waals surface area contributed by atoms with Gasteiger partial charge in [0.25, 0.3) is 0 Å². The van der Waals surface area contributed by atoms with E-state index in [-0.39, 0.29) is 5.92 Å². The Morgan fingerprint density at radius 3 is 2.74 bits per heavy atom. The van der Waals surface area contributed by atoms with E-state index in [2.05, 4.69) is 9.97 Å². The largest absolute Gasteiger partial charge is 0.480 e. The van der Waals surface area contributed by atoms with Gasteiger partial charge in [-0.15, -0.1) is 0 Å². The SMILES string of the molecule is Cc1cc(N2CCCC2(C)C(=O)O)nc(C(C)C)n1. The molecule has 1 unspecified atom stereocenters. The van der Waals surface area contributed by atoms with Gasteiger partial charge in [0, 0.05) is 24.2 Å². The first kappa shape index (κ1) is 13.8. The quantitative estimate of drug-likeness (QED) is 0.906. The fourth-order valence-corrected chi connectivity index (χ4v) is 2.52. The molecular formula is C14H21N3O2. The second-order valence-electron chi connectivity index (χ2n) is 5.71. The molecule has 1 saturated heterocycles. The van der Waals surface area contributed by atoms with E-state index in [1.165, 1.54) is 0 Å². The maximum atomic E-state index is 11.5. The molecule has 5 nitrogen and oxygen atoms in total. The fraction of sp³-hybridized carbons (Fsp3) is 0.643. The van der Waals surface area contributed by atoms with Gasteiger partial charge in [0.1, 0.15) is 17.2 Å². The first-order chi connectivity index (χ1) is 8.84. The van der Waals surface area contributed by atoms with Crippen LogP contribution < -0.4 is 4.90 Å². The van der Waals surface area contributed by atoms with Crippen molar-refractivity contribution >= 4 is 11.8 Å². The number of carbonyl (C=O) groups is 1. The zero-order valence-electron chi connectivity index (χ0n) is 12.0. The summed E-state index contributed by atoms with van der Waals surface area (Å²) in [5.41, 5.74) is 0.0306. The van der Waals surface area contributed by atoms with Crippen LogP contribution in [0.2, 0.25) is 0 Å². The standard InChI is InChI=1S/C14H21N3O2/c1-9(2)12-15-10(3)8-11(16-12)17-7-5-6-14(17,4)13(18)19/h8-9H,5-7H2,1-4H3,(H,18,19). The summed E-state index contributed by atoms with van der Waals surface area (Å²) < 4.78 is 0. The Morgan fingerprint density at radius 1 is 1.47 bits per heavy atom. The van der Waals surface area contributed by atoms with Crippen LogP contribution in [-0.2, 0) is 4.79 Å². The van der Waals surface area contributed by atoms with Crippen LogP contribution in [0.3, 0.4) is 0 Å². The minimum Gasteiger partial charge on any atom is -0.480 e. The Hall–Kier alpha value is -1.65. The van der Waals surface area contributed by atoms with Crippen molar-refractivity contribution in [2.45, 2.75) is 52.0 Å². The number of hydrogen-bond acceptors (Lipinski definition) is 4. The van der Waals surface area contributed by atoms with Crippen LogP contribution in [0.15, 0.2) is 6.07 Å². The number of aliphatic carboxylic acids is 1. The third-order valence-corrected chi connectivity index (χ3v) is 3.75. The highest BCUT2D eigenvalue weighted by Gasteiger charge is 2.44. The van der Waals surface area contributed by atoms with Crippen molar-refractivity contribution in [1.82, 2.24) is 9.97 Å². The van der Waals surface area contributed by atoms with Crippen LogP contribution in [0.4, 0.5) is 5.82 Å². The van der Waals surface area contributed by atoms with E-state index in [9.17, 15) is 9.90 Å². The van der Waals surface area contributed by atoms with E-state index in [4.69, 9.17) is 0 Å². The number of carboxylic acid groups (broad SMARTS) is 1. The van der Waals surface area contributed by atoms with Crippen molar-refractivity contribution in [3.63, 3.8) is 0 Å². The third kappa shape index (κ3) is 2.41. The lowest BCUT2D eigenvalue weighted by atomic mass is 9.99. The first-order valence-electron chi connectivity index (χ1n) is 6.71. The predicted octanol–water partition coefficient (Wildman–Crippen LogP) is 2.35. The molecule has 0 aromatic carbocycles. The van der Waals surface area contributed by atoms with Gasteiger partial charge in [-0.3, -0.25) is 0 Å². The molecule has 1 aromatic rings. The van der Waals surface area contributed by atoms with Gasteiger partial charge in [0.2, 0.25) is 0 Å². The average molecular weight is 263 g/mol. The summed E-state index contributed by atoms with van der Waals surface area (Å²) in [5, 5.41) is 9.47. The van der Waals surface area contributed by atoms with Crippen LogP contribution >= 0.6 is 0 Å². The highest BCUT2D eigenvalue weighted by molar-refractivity contribution is 5.83. The van der Waals surface area contributed by atoms with Gasteiger partial charge in [-0.1, -0.05) is 13.8 Å². The molecule has 0 aliphatic carbocycles. The Morgan fingerprint density at radius 2 is 2.16 bits per heavy atom. The van der Waals surface area contributed by atoms with Crippen LogP contribution in [0, 0.1) is 6.92 Å². The minimum atomic E-state index is -0.852. The molecule has 2 rings (SSSR count). The van der Waals surface area contributed by atoms with Crippen molar-refractivity contribution in [3.05, 3.63) is 17.6 Å². The topological polar surface area (TPSA) is 66.3 Å². The highest BCUT2D eigenvalue weighted by atomic mass is 16.4. The monoisotopic (exact) mass is 263 g/mol. The lowest BCUT2D eigenvalue weighted by molar-refractivity contribution is -0.142. The van der Waals surface area contributed by atoms with Gasteiger partial charge in [0.05, 0.1) is 0 Å². The van der Waals surface area contributed by atoms with Crippen molar-refractivity contribution in [2.24, 2.45) is 0 Å². The molecule has 1 N–H and O–H groups in total. The predicted molar refractivity (Wildman–Crippen MR) is 73.5 cm³/mol. The number of rotatable bonds is 3. The van der Waals surface area contributed by atoms with Gasteiger partial charge in [-0.2, -0.15) is 0 Å². The second-order valence-corrected chi connectivity index (χ2v) is 5.71. The molecule has 1 fully saturated rings. The molecule has 1 aliphatic heterocycles. The first-order valence-corrected chi connectivity index (χ1v) is 6.71. The maximum absolute atomic E-state index is 11.5. The lowest BCUT2D eigenvalue weighted by Gasteiger charge is -2.32. The van der Waals surface area contributed by atoms with Gasteiger partial charge >= 0.3 is 5.97 Å². The lowest BCUT2D eigenvalue weighted by Crippen LogP contribution is -2.48. The normalized spacial score (nSPS) is 23.1. The van der Waals surface area contributed by atoms with Crippen molar-refractivity contribution in [3.8, 4) is 0 Å². The molecule has 2 heterocycles. The molecule has 0 bridgehead atoms. The molecule has 0 spiro atoms. The number of hydrogen-bond donors (Lipinski definition) is 1. The summed E-state index contributed by atoms with van der Waals surface area (Å²) in [6.07, 6.45) is 1.53. The fourth-order valence-electron chi connectivity index (χ4n) is 2.52. The Kier molecular flexibility index (Phi) is 3.47. The number of anilines is 1. The molecule has 0 radical (unpaired) electrons. The molecule has 19 heavy (non-hydrogen) atoms. The Bertz CT molecular complexity index is 501. The van der Waals surface area contributed by atoms with Crippen molar-refractivity contribution < 1.29 is 9.90 Å². The summed E-state index contributed by atoms with van der Waals surface area (Å²) in [6, 6.07) is 1.87. The van der Waals surface area contributed by atoms with Crippen molar-refractivity contribution in [2.75, 3.05) is 11.4 Å². The zero-order valence-corrected chi connectivity index (χ0v) is 12.0. The molecule has 1 aliphatic rings. The number of aryl methyl sites for hydroxylation is 1. The van der Waals surface area contributed by atoms with Gasteiger partial charge in [-0.05, 0) is 26.7 Å². The van der Waals surface area contributed by atoms with E-state index < -0.39 is 11.5 Å². The van der Waals surface area contributed by atoms with Crippen LogP contribution in [0.5, 0.6) is 0 Å². The summed E-state index contributed by atoms with van der Waals surface area (Å²) in [5.74, 6) is 0.956. The molecule has 1 aromatic heterocycles. The minimum absolute atomic E-state index is 0.234. The molecule has 104 valence electrons. The third-order valence-electron chi connectivity index (χ3n) is 3.75. The van der Waals surface area contributed by atoms with Crippen LogP contribution in [-0.4, -0.2) is 33.1 Å². The molecule has 1 atom stereocenters. The summed E-state index contributed by atoms with van der Waals surface area (Å²) in [6.45, 7) is 8.51. The van der Waals surface area contributed by atoms with Gasteiger partial charge in [0.15, 0.2) is 0 Å². The Labute approximate surface area is 113 Å². The summed E-state index contributed by atoms with van der Waals surface area (Å²) in [7, 11) is 0. The van der Waals surface area contributed by atoms with Gasteiger partial charge in [-0.25, -0.2) is 14.8 Å². The molecule has 0 amide bonds. The molecular weight excluding hydrogens is 242 g/mol. The number of carboxylic acids is 1. The van der Waals surface area contributed by atoms with Crippen LogP contribution in [0.1, 0.15) is 51.0 Å². The molecule has 5 heteroatoms. The van der Waals surface area contributed by atoms with Crippen molar-refractivity contribution in [1.29, 1.82) is 0 Å². The molecule has 0 saturated carbocycles. The number of nitrogens with zero attached hydrogens (tertiary/aromatic N) is 3. The van der Waals surface area contributed by atoms with Gasteiger partial charge < -0.3 is 10.0 Å². The van der Waals surface area contributed by atoms with E-state index >= 15 is 0 Å². The Balaban J connectivity index is 2.44. The van der Waals surface area contributed by atoms with E-state index in [1.54, 1.807) is 6.92 Å². The number of aromatic nitrogens is 2. The highest BCUT2D eigenvalue weighted by Crippen LogP contribution is 2.33. The summed E-state index contributed by atoms with van der Waals surface area (Å²) in [4.78, 5) is 22.4. The second kappa shape index (κ2) is 4.79. The van der Waals surface area contributed by atoms with E-state index in [0.29, 0.717) is 6.42 Å². The average Bonchev–Trinajstić information content (AvgIpc) is 2.72. The maximum Gasteiger partial charge on any atom is 0.329 e.